The molecule has 1 N–H and O–H groups in total. The maximum Gasteiger partial charge on any atom is 0.252 e. The molecule has 1 aromatic heterocycles. The van der Waals surface area contributed by atoms with Gasteiger partial charge in [-0.15, -0.1) is 0 Å². The molecule has 0 saturated heterocycles. The molecule has 122 valence electrons. The van der Waals surface area contributed by atoms with Gasteiger partial charge >= 0.3 is 0 Å². The van der Waals surface area contributed by atoms with Gasteiger partial charge in [0.25, 0.3) is 5.91 Å². The molecule has 1 amide bonds. The summed E-state index contributed by atoms with van der Waals surface area (Å²) in [6.07, 6.45) is 2.48. The van der Waals surface area contributed by atoms with Crippen LogP contribution in [0.1, 0.15) is 35.3 Å². The van der Waals surface area contributed by atoms with Crippen LogP contribution in [0.4, 0.5) is 5.82 Å². The van der Waals surface area contributed by atoms with Crippen LogP contribution in [0.3, 0.4) is 0 Å². The van der Waals surface area contributed by atoms with Gasteiger partial charge < -0.3 is 10.2 Å². The summed E-state index contributed by atoms with van der Waals surface area (Å²) < 4.78 is 0. The van der Waals surface area contributed by atoms with Crippen LogP contribution in [-0.4, -0.2) is 30.5 Å². The smallest absolute Gasteiger partial charge is 0.252 e. The van der Waals surface area contributed by atoms with E-state index in [1.165, 1.54) is 11.1 Å². The van der Waals surface area contributed by atoms with Crippen molar-refractivity contribution >= 4 is 11.7 Å². The number of rotatable bonds is 7. The average Bonchev–Trinajstić information content (AvgIpc) is 2.58. The second kappa shape index (κ2) is 8.32. The van der Waals surface area contributed by atoms with Crippen molar-refractivity contribution in [2.45, 2.75) is 27.2 Å². The summed E-state index contributed by atoms with van der Waals surface area (Å²) in [6.45, 7) is 8.70. The Morgan fingerprint density at radius 2 is 1.78 bits per heavy atom. The van der Waals surface area contributed by atoms with Crippen LogP contribution in [0.5, 0.6) is 0 Å². The molecule has 4 heteroatoms. The Hall–Kier alpha value is -2.36. The quantitative estimate of drug-likeness (QED) is 0.854. The first-order chi connectivity index (χ1) is 11.1. The largest absolute Gasteiger partial charge is 0.357 e. The molecule has 0 aliphatic rings. The van der Waals surface area contributed by atoms with E-state index in [0.29, 0.717) is 12.1 Å². The highest BCUT2D eigenvalue weighted by Crippen LogP contribution is 2.11. The van der Waals surface area contributed by atoms with E-state index in [1.807, 2.05) is 12.1 Å². The molecular formula is C19H25N3O. The lowest BCUT2D eigenvalue weighted by molar-refractivity contribution is 0.0954. The van der Waals surface area contributed by atoms with Crippen LogP contribution < -0.4 is 10.2 Å². The van der Waals surface area contributed by atoms with E-state index in [2.05, 4.69) is 60.2 Å². The number of pyridine rings is 1. The minimum Gasteiger partial charge on any atom is -0.357 e. The van der Waals surface area contributed by atoms with Crippen molar-refractivity contribution in [3.63, 3.8) is 0 Å². The number of carbonyl (C=O) groups is 1. The zero-order valence-corrected chi connectivity index (χ0v) is 14.2. The van der Waals surface area contributed by atoms with Gasteiger partial charge in [-0.3, -0.25) is 4.79 Å². The molecule has 1 heterocycles. The number of benzene rings is 1. The molecule has 0 fully saturated rings. The van der Waals surface area contributed by atoms with Gasteiger partial charge in [0.15, 0.2) is 0 Å². The monoisotopic (exact) mass is 311 g/mol. The normalized spacial score (nSPS) is 10.4. The Morgan fingerprint density at radius 3 is 2.35 bits per heavy atom. The molecule has 2 aromatic rings. The third-order valence-corrected chi connectivity index (χ3v) is 3.92. The van der Waals surface area contributed by atoms with Gasteiger partial charge in [-0.05, 0) is 44.9 Å². The summed E-state index contributed by atoms with van der Waals surface area (Å²) in [5.74, 6) is 0.835. The summed E-state index contributed by atoms with van der Waals surface area (Å²) >= 11 is 0. The second-order valence-electron chi connectivity index (χ2n) is 5.57. The number of hydrogen-bond donors (Lipinski definition) is 1. The summed E-state index contributed by atoms with van der Waals surface area (Å²) in [5, 5.41) is 2.95. The van der Waals surface area contributed by atoms with E-state index < -0.39 is 0 Å². The van der Waals surface area contributed by atoms with Crippen LogP contribution in [0.25, 0.3) is 0 Å². The molecule has 0 spiro atoms. The molecule has 0 aliphatic heterocycles. The van der Waals surface area contributed by atoms with E-state index in [0.717, 1.165) is 25.3 Å². The van der Waals surface area contributed by atoms with Gasteiger partial charge in [0.05, 0.1) is 5.56 Å². The van der Waals surface area contributed by atoms with Crippen molar-refractivity contribution in [3.05, 3.63) is 59.3 Å². The number of nitrogens with one attached hydrogen (secondary N) is 1. The van der Waals surface area contributed by atoms with Crippen molar-refractivity contribution in [2.24, 2.45) is 0 Å². The predicted octanol–water partition coefficient (Wildman–Crippen LogP) is 3.21. The fraction of sp³-hybridized carbons (Fsp3) is 0.368. The van der Waals surface area contributed by atoms with Crippen molar-refractivity contribution in [2.75, 3.05) is 24.5 Å². The number of carbonyl (C=O) groups excluding carboxylic acids is 1. The molecule has 0 saturated carbocycles. The standard InChI is InChI=1S/C19H25N3O/c1-4-22(5-2)18-11-10-17(14-21-18)19(23)20-13-12-16-8-6-15(3)7-9-16/h6-11,14H,4-5,12-13H2,1-3H3,(H,20,23). The third kappa shape index (κ3) is 4.81. The Bertz CT molecular complexity index is 616. The minimum absolute atomic E-state index is 0.0734. The van der Waals surface area contributed by atoms with Crippen molar-refractivity contribution < 1.29 is 4.79 Å². The lowest BCUT2D eigenvalue weighted by Gasteiger charge is -2.19. The fourth-order valence-corrected chi connectivity index (χ4v) is 2.43. The molecule has 2 rings (SSSR count). The third-order valence-electron chi connectivity index (χ3n) is 3.92. The SMILES string of the molecule is CCN(CC)c1ccc(C(=O)NCCc2ccc(C)cc2)cn1. The number of aromatic nitrogens is 1. The zero-order valence-electron chi connectivity index (χ0n) is 14.2. The first-order valence-electron chi connectivity index (χ1n) is 8.18. The molecule has 0 atom stereocenters. The molecule has 0 aliphatic carbocycles. The van der Waals surface area contributed by atoms with E-state index in [1.54, 1.807) is 6.20 Å². The summed E-state index contributed by atoms with van der Waals surface area (Å²) in [7, 11) is 0. The number of anilines is 1. The summed E-state index contributed by atoms with van der Waals surface area (Å²) in [4.78, 5) is 18.7. The number of hydrogen-bond acceptors (Lipinski definition) is 3. The van der Waals surface area contributed by atoms with Gasteiger partial charge in [-0.2, -0.15) is 0 Å². The lowest BCUT2D eigenvalue weighted by Crippen LogP contribution is -2.26. The van der Waals surface area contributed by atoms with Gasteiger partial charge in [0, 0.05) is 25.8 Å². The van der Waals surface area contributed by atoms with E-state index in [9.17, 15) is 4.79 Å². The Balaban J connectivity index is 1.86. The molecule has 23 heavy (non-hydrogen) atoms. The first kappa shape index (κ1) is 17.0. The van der Waals surface area contributed by atoms with Gasteiger partial charge in [-0.1, -0.05) is 29.8 Å². The predicted molar refractivity (Wildman–Crippen MR) is 95.0 cm³/mol. The fourth-order valence-electron chi connectivity index (χ4n) is 2.43. The second-order valence-corrected chi connectivity index (χ2v) is 5.57. The van der Waals surface area contributed by atoms with Crippen LogP contribution >= 0.6 is 0 Å². The van der Waals surface area contributed by atoms with E-state index in [4.69, 9.17) is 0 Å². The first-order valence-corrected chi connectivity index (χ1v) is 8.18. The minimum atomic E-state index is -0.0734. The van der Waals surface area contributed by atoms with Crippen LogP contribution in [0.2, 0.25) is 0 Å². The van der Waals surface area contributed by atoms with Gasteiger partial charge in [0.2, 0.25) is 0 Å². The topological polar surface area (TPSA) is 45.2 Å². The Kier molecular flexibility index (Phi) is 6.15. The van der Waals surface area contributed by atoms with Crippen LogP contribution in [0.15, 0.2) is 42.6 Å². The van der Waals surface area contributed by atoms with Crippen molar-refractivity contribution in [1.82, 2.24) is 10.3 Å². The highest BCUT2D eigenvalue weighted by molar-refractivity contribution is 5.94. The van der Waals surface area contributed by atoms with Crippen LogP contribution in [0, 0.1) is 6.92 Å². The number of aryl methyl sites for hydroxylation is 1. The zero-order chi connectivity index (χ0) is 16.7. The summed E-state index contributed by atoms with van der Waals surface area (Å²) in [6, 6.07) is 12.1. The maximum absolute atomic E-state index is 12.1. The van der Waals surface area contributed by atoms with Crippen molar-refractivity contribution in [3.8, 4) is 0 Å². The highest BCUT2D eigenvalue weighted by atomic mass is 16.1. The van der Waals surface area contributed by atoms with Crippen molar-refractivity contribution in [1.29, 1.82) is 0 Å². The van der Waals surface area contributed by atoms with Gasteiger partial charge in [-0.25, -0.2) is 4.98 Å². The molecule has 1 aromatic carbocycles. The van der Waals surface area contributed by atoms with E-state index in [-0.39, 0.29) is 5.91 Å². The van der Waals surface area contributed by atoms with E-state index >= 15 is 0 Å². The lowest BCUT2D eigenvalue weighted by atomic mass is 10.1. The molecule has 0 bridgehead atoms. The average molecular weight is 311 g/mol. The number of amides is 1. The Morgan fingerprint density at radius 1 is 1.09 bits per heavy atom. The molecule has 4 nitrogen and oxygen atoms in total. The summed E-state index contributed by atoms with van der Waals surface area (Å²) in [5.41, 5.74) is 3.08. The van der Waals surface area contributed by atoms with Gasteiger partial charge in [0.1, 0.15) is 5.82 Å². The Labute approximate surface area is 138 Å². The highest BCUT2D eigenvalue weighted by Gasteiger charge is 2.08. The molecular weight excluding hydrogens is 286 g/mol. The molecule has 0 unspecified atom stereocenters. The maximum atomic E-state index is 12.1. The molecule has 0 radical (unpaired) electrons. The van der Waals surface area contributed by atoms with Crippen LogP contribution in [-0.2, 0) is 6.42 Å². The number of nitrogens with zero attached hydrogens (tertiary/aromatic N) is 2.